The molecular weight excluding hydrogens is 466 g/mol. The number of nitrogens with zero attached hydrogens (tertiary/aromatic N) is 3. The van der Waals surface area contributed by atoms with Crippen molar-refractivity contribution in [2.24, 2.45) is 5.92 Å². The normalized spacial score (nSPS) is 21.6. The SMILES string of the molecule is CCCCCn1nc(C(=O)OCC(=O)NN2C(=O)NC3(CCC(C)CC3)C2=O)c2ccccc2c1=O. The first kappa shape index (κ1) is 25.3. The number of rotatable bonds is 8. The molecule has 1 aliphatic heterocycles. The van der Waals surface area contributed by atoms with Crippen LogP contribution in [0.4, 0.5) is 4.79 Å². The van der Waals surface area contributed by atoms with Crippen LogP contribution in [0, 0.1) is 5.92 Å². The van der Waals surface area contributed by atoms with E-state index in [1.807, 2.05) is 6.92 Å². The molecule has 4 rings (SSSR count). The van der Waals surface area contributed by atoms with Crippen LogP contribution >= 0.6 is 0 Å². The summed E-state index contributed by atoms with van der Waals surface area (Å²) in [6.45, 7) is 3.76. The van der Waals surface area contributed by atoms with Crippen molar-refractivity contribution in [3.63, 3.8) is 0 Å². The highest BCUT2D eigenvalue weighted by atomic mass is 16.5. The van der Waals surface area contributed by atoms with Gasteiger partial charge in [-0.2, -0.15) is 10.1 Å². The van der Waals surface area contributed by atoms with E-state index in [9.17, 15) is 24.0 Å². The number of unbranched alkanes of at least 4 members (excludes halogenated alkanes) is 2. The number of benzene rings is 1. The van der Waals surface area contributed by atoms with Gasteiger partial charge < -0.3 is 10.1 Å². The topological polar surface area (TPSA) is 140 Å². The van der Waals surface area contributed by atoms with Gasteiger partial charge in [0.1, 0.15) is 5.54 Å². The van der Waals surface area contributed by atoms with Crippen molar-refractivity contribution in [2.75, 3.05) is 6.61 Å². The summed E-state index contributed by atoms with van der Waals surface area (Å²) < 4.78 is 6.39. The number of esters is 1. The van der Waals surface area contributed by atoms with Crippen molar-refractivity contribution in [2.45, 2.75) is 70.9 Å². The van der Waals surface area contributed by atoms with Crippen LogP contribution in [0.15, 0.2) is 29.1 Å². The Morgan fingerprint density at radius 1 is 1.14 bits per heavy atom. The summed E-state index contributed by atoms with van der Waals surface area (Å²) in [4.78, 5) is 63.4. The average molecular weight is 498 g/mol. The lowest BCUT2D eigenvalue weighted by Crippen LogP contribution is -2.52. The number of nitrogens with one attached hydrogen (secondary N) is 2. The molecular formula is C25H31N5O6. The highest BCUT2D eigenvalue weighted by molar-refractivity contribution is 6.08. The number of hydrogen-bond acceptors (Lipinski definition) is 7. The van der Waals surface area contributed by atoms with Gasteiger partial charge in [-0.15, -0.1) is 0 Å². The lowest BCUT2D eigenvalue weighted by Gasteiger charge is -2.33. The molecule has 0 atom stereocenters. The minimum Gasteiger partial charge on any atom is -0.451 e. The molecule has 2 fully saturated rings. The van der Waals surface area contributed by atoms with Gasteiger partial charge in [-0.1, -0.05) is 44.9 Å². The monoisotopic (exact) mass is 497 g/mol. The number of urea groups is 1. The van der Waals surface area contributed by atoms with E-state index in [1.165, 1.54) is 4.68 Å². The maximum absolute atomic E-state index is 12.9. The molecule has 2 aliphatic rings. The van der Waals surface area contributed by atoms with Gasteiger partial charge in [0.2, 0.25) is 0 Å². The average Bonchev–Trinajstić information content (AvgIpc) is 3.10. The van der Waals surface area contributed by atoms with Crippen molar-refractivity contribution in [3.05, 3.63) is 40.3 Å². The first-order chi connectivity index (χ1) is 17.3. The van der Waals surface area contributed by atoms with Gasteiger partial charge in [-0.25, -0.2) is 14.3 Å². The van der Waals surface area contributed by atoms with Gasteiger partial charge in [0.25, 0.3) is 17.4 Å². The first-order valence-corrected chi connectivity index (χ1v) is 12.4. The molecule has 192 valence electrons. The Bertz CT molecular complexity index is 1250. The third-order valence-electron chi connectivity index (χ3n) is 6.90. The number of ether oxygens (including phenoxy) is 1. The quantitative estimate of drug-likeness (QED) is 0.324. The second-order valence-electron chi connectivity index (χ2n) is 9.58. The van der Waals surface area contributed by atoms with E-state index in [4.69, 9.17) is 4.74 Å². The second-order valence-corrected chi connectivity index (χ2v) is 9.58. The molecule has 2 N–H and O–H groups in total. The zero-order chi connectivity index (χ0) is 25.9. The number of amides is 4. The summed E-state index contributed by atoms with van der Waals surface area (Å²) in [5.74, 6) is -1.77. The van der Waals surface area contributed by atoms with E-state index in [1.54, 1.807) is 24.3 Å². The Morgan fingerprint density at radius 2 is 1.83 bits per heavy atom. The maximum atomic E-state index is 12.9. The smallest absolute Gasteiger partial charge is 0.359 e. The molecule has 0 unspecified atom stereocenters. The Balaban J connectivity index is 1.43. The third-order valence-corrected chi connectivity index (χ3v) is 6.90. The molecule has 0 bridgehead atoms. The Kier molecular flexibility index (Phi) is 7.37. The molecule has 36 heavy (non-hydrogen) atoms. The van der Waals surface area contributed by atoms with Gasteiger partial charge in [-0.3, -0.25) is 19.8 Å². The van der Waals surface area contributed by atoms with Gasteiger partial charge in [0, 0.05) is 11.9 Å². The summed E-state index contributed by atoms with van der Waals surface area (Å²) in [5.41, 5.74) is 0.853. The van der Waals surface area contributed by atoms with E-state index < -0.39 is 36.0 Å². The summed E-state index contributed by atoms with van der Waals surface area (Å²) in [7, 11) is 0. The predicted octanol–water partition coefficient (Wildman–Crippen LogP) is 2.28. The number of imide groups is 1. The van der Waals surface area contributed by atoms with Crippen LogP contribution in [0.5, 0.6) is 0 Å². The van der Waals surface area contributed by atoms with Crippen molar-refractivity contribution >= 4 is 34.6 Å². The van der Waals surface area contributed by atoms with Crippen LogP contribution in [0.25, 0.3) is 10.8 Å². The fourth-order valence-corrected chi connectivity index (χ4v) is 4.72. The maximum Gasteiger partial charge on any atom is 0.359 e. The lowest BCUT2D eigenvalue weighted by atomic mass is 9.77. The van der Waals surface area contributed by atoms with Crippen LogP contribution in [-0.2, 0) is 20.9 Å². The van der Waals surface area contributed by atoms with Gasteiger partial charge >= 0.3 is 12.0 Å². The minimum absolute atomic E-state index is 0.0835. The van der Waals surface area contributed by atoms with E-state index in [0.717, 1.165) is 32.1 Å². The standard InChI is InChI=1S/C25H31N5O6/c1-3-4-7-14-29-21(32)18-9-6-5-8-17(18)20(28-29)22(33)36-15-19(31)27-30-23(34)25(26-24(30)35)12-10-16(2)11-13-25/h5-6,8-9,16H,3-4,7,10-15H2,1-2H3,(H,26,35)(H,27,31). The number of carbonyl (C=O) groups is 4. The summed E-state index contributed by atoms with van der Waals surface area (Å²) in [6.07, 6.45) is 5.21. The molecule has 1 aromatic carbocycles. The van der Waals surface area contributed by atoms with Crippen LogP contribution in [0.2, 0.25) is 0 Å². The number of aryl methyl sites for hydroxylation is 1. The number of aromatic nitrogens is 2. The van der Waals surface area contributed by atoms with Gasteiger partial charge in [0.15, 0.2) is 12.3 Å². The summed E-state index contributed by atoms with van der Waals surface area (Å²) in [5, 5.41) is 8.23. The Labute approximate surface area is 208 Å². The van der Waals surface area contributed by atoms with E-state index in [0.29, 0.717) is 41.1 Å². The van der Waals surface area contributed by atoms with Crippen molar-refractivity contribution < 1.29 is 23.9 Å². The molecule has 1 spiro atoms. The largest absolute Gasteiger partial charge is 0.451 e. The molecule has 11 nitrogen and oxygen atoms in total. The fraction of sp³-hybridized carbons (Fsp3) is 0.520. The molecule has 1 saturated heterocycles. The van der Waals surface area contributed by atoms with E-state index in [-0.39, 0.29) is 11.3 Å². The molecule has 1 aromatic heterocycles. The van der Waals surface area contributed by atoms with Crippen LogP contribution in [-0.4, -0.2) is 50.7 Å². The Hall–Kier alpha value is -3.76. The summed E-state index contributed by atoms with van der Waals surface area (Å²) in [6, 6.07) is 5.86. The molecule has 2 aromatic rings. The molecule has 1 aliphatic carbocycles. The van der Waals surface area contributed by atoms with Crippen molar-refractivity contribution in [1.82, 2.24) is 25.5 Å². The number of hydrogen-bond donors (Lipinski definition) is 2. The molecule has 0 radical (unpaired) electrons. The van der Waals surface area contributed by atoms with Crippen LogP contribution in [0.3, 0.4) is 0 Å². The molecule has 4 amide bonds. The minimum atomic E-state index is -0.998. The van der Waals surface area contributed by atoms with Crippen molar-refractivity contribution in [1.29, 1.82) is 0 Å². The van der Waals surface area contributed by atoms with Gasteiger partial charge in [-0.05, 0) is 44.1 Å². The second kappa shape index (κ2) is 10.5. The third kappa shape index (κ3) is 4.95. The zero-order valence-electron chi connectivity index (χ0n) is 20.5. The van der Waals surface area contributed by atoms with Crippen molar-refractivity contribution in [3.8, 4) is 0 Å². The van der Waals surface area contributed by atoms with E-state index in [2.05, 4.69) is 22.8 Å². The number of hydrazine groups is 1. The number of fused-ring (bicyclic) bond motifs is 1. The van der Waals surface area contributed by atoms with Gasteiger partial charge in [0.05, 0.1) is 5.39 Å². The van der Waals surface area contributed by atoms with Crippen LogP contribution in [0.1, 0.15) is 69.3 Å². The molecule has 11 heteroatoms. The van der Waals surface area contributed by atoms with Crippen LogP contribution < -0.4 is 16.3 Å². The first-order valence-electron chi connectivity index (χ1n) is 12.4. The summed E-state index contributed by atoms with van der Waals surface area (Å²) >= 11 is 0. The fourth-order valence-electron chi connectivity index (χ4n) is 4.72. The Morgan fingerprint density at radius 3 is 2.53 bits per heavy atom. The predicted molar refractivity (Wildman–Crippen MR) is 130 cm³/mol. The number of carbonyl (C=O) groups excluding carboxylic acids is 4. The van der Waals surface area contributed by atoms with E-state index >= 15 is 0 Å². The molecule has 1 saturated carbocycles. The highest BCUT2D eigenvalue weighted by Gasteiger charge is 2.52. The molecule has 2 heterocycles. The zero-order valence-corrected chi connectivity index (χ0v) is 20.5. The highest BCUT2D eigenvalue weighted by Crippen LogP contribution is 2.35. The lowest BCUT2D eigenvalue weighted by molar-refractivity contribution is -0.141.